The Morgan fingerprint density at radius 1 is 1.26 bits per heavy atom. The first-order valence-electron chi connectivity index (χ1n) is 11.9. The maximum Gasteiger partial charge on any atom is 0.298 e. The average molecular weight is 427 g/mol. The monoisotopic (exact) mass is 426 g/mol. The van der Waals surface area contributed by atoms with Crippen LogP contribution in [-0.2, 0) is 4.74 Å². The second-order valence-corrected chi connectivity index (χ2v) is 9.41. The molecule has 7 nitrogen and oxygen atoms in total. The molecule has 7 heteroatoms. The number of nitrogens with one attached hydrogen (secondary N) is 1. The molecule has 3 fully saturated rings. The van der Waals surface area contributed by atoms with E-state index in [2.05, 4.69) is 29.1 Å². The van der Waals surface area contributed by atoms with Crippen LogP contribution in [0.4, 0.5) is 6.01 Å². The molecule has 1 aromatic carbocycles. The predicted octanol–water partition coefficient (Wildman–Crippen LogP) is 3.58. The molecule has 3 saturated heterocycles. The summed E-state index contributed by atoms with van der Waals surface area (Å²) < 4.78 is 11.8. The number of aromatic nitrogens is 1. The Labute approximate surface area is 184 Å². The van der Waals surface area contributed by atoms with Crippen LogP contribution in [0.3, 0.4) is 0 Å². The number of ether oxygens (including phenoxy) is 1. The first-order chi connectivity index (χ1) is 15.1. The summed E-state index contributed by atoms with van der Waals surface area (Å²) in [4.78, 5) is 22.7. The molecule has 3 aliphatic heterocycles. The number of anilines is 1. The first kappa shape index (κ1) is 20.8. The van der Waals surface area contributed by atoms with E-state index < -0.39 is 0 Å². The van der Waals surface area contributed by atoms with Gasteiger partial charge in [0, 0.05) is 24.7 Å². The van der Waals surface area contributed by atoms with Gasteiger partial charge in [-0.05, 0) is 51.3 Å². The van der Waals surface area contributed by atoms with E-state index in [1.807, 2.05) is 18.2 Å². The number of carbonyl (C=O) groups excluding carboxylic acids is 1. The lowest BCUT2D eigenvalue weighted by Gasteiger charge is -2.47. The number of para-hydroxylation sites is 1. The molecule has 168 valence electrons. The zero-order valence-corrected chi connectivity index (χ0v) is 18.7. The lowest BCUT2D eigenvalue weighted by atomic mass is 9.82. The van der Waals surface area contributed by atoms with E-state index in [0.717, 1.165) is 32.2 Å². The number of piperidine rings is 2. The van der Waals surface area contributed by atoms with Crippen LogP contribution in [-0.4, -0.2) is 66.8 Å². The van der Waals surface area contributed by atoms with E-state index in [4.69, 9.17) is 14.1 Å². The van der Waals surface area contributed by atoms with Crippen LogP contribution in [0.5, 0.6) is 0 Å². The van der Waals surface area contributed by atoms with Gasteiger partial charge in [0.1, 0.15) is 5.52 Å². The standard InChI is InChI=1S/C24H34N4O3/c1-3-6-19-15-30-12-11-28(19)24-26-22-20(9-5-10-21(22)31-24)23(29)25-16-13-17-7-4-8-18(14-16)27(17)2/h5,9-10,16-19H,3-4,6-8,11-15H2,1-2H3,(H,25,29). The summed E-state index contributed by atoms with van der Waals surface area (Å²) in [6.07, 6.45) is 7.96. The van der Waals surface area contributed by atoms with Crippen molar-refractivity contribution in [1.82, 2.24) is 15.2 Å². The molecule has 0 aliphatic carbocycles. The Balaban J connectivity index is 1.36. The summed E-state index contributed by atoms with van der Waals surface area (Å²) in [6, 6.07) is 7.93. The first-order valence-corrected chi connectivity index (χ1v) is 11.9. The third kappa shape index (κ3) is 4.05. The molecular formula is C24H34N4O3. The molecule has 3 atom stereocenters. The van der Waals surface area contributed by atoms with Gasteiger partial charge in [-0.3, -0.25) is 4.79 Å². The highest BCUT2D eigenvalue weighted by Crippen LogP contribution is 2.33. The van der Waals surface area contributed by atoms with Gasteiger partial charge in [-0.2, -0.15) is 4.98 Å². The highest BCUT2D eigenvalue weighted by molar-refractivity contribution is 6.04. The van der Waals surface area contributed by atoms with Gasteiger partial charge in [-0.15, -0.1) is 0 Å². The number of benzene rings is 1. The number of rotatable bonds is 5. The fourth-order valence-corrected chi connectivity index (χ4v) is 5.72. The van der Waals surface area contributed by atoms with E-state index in [-0.39, 0.29) is 18.0 Å². The minimum absolute atomic E-state index is 0.0369. The van der Waals surface area contributed by atoms with Crippen molar-refractivity contribution in [2.45, 2.75) is 76.0 Å². The summed E-state index contributed by atoms with van der Waals surface area (Å²) in [5, 5.41) is 3.31. The highest BCUT2D eigenvalue weighted by atomic mass is 16.5. The van der Waals surface area contributed by atoms with Gasteiger partial charge in [0.15, 0.2) is 5.58 Å². The van der Waals surface area contributed by atoms with Crippen LogP contribution in [0.1, 0.15) is 62.2 Å². The molecule has 31 heavy (non-hydrogen) atoms. The second-order valence-electron chi connectivity index (χ2n) is 9.41. The Bertz CT molecular complexity index is 913. The molecule has 3 aliphatic rings. The molecule has 2 aromatic rings. The summed E-state index contributed by atoms with van der Waals surface area (Å²) >= 11 is 0. The molecular weight excluding hydrogens is 392 g/mol. The molecule has 1 N–H and O–H groups in total. The molecule has 3 unspecified atom stereocenters. The van der Waals surface area contributed by atoms with E-state index in [0.29, 0.717) is 48.0 Å². The summed E-state index contributed by atoms with van der Waals surface area (Å²) in [5.74, 6) is -0.0369. The average Bonchev–Trinajstić information content (AvgIpc) is 3.19. The van der Waals surface area contributed by atoms with E-state index in [1.165, 1.54) is 19.3 Å². The lowest BCUT2D eigenvalue weighted by molar-refractivity contribution is 0.0463. The summed E-state index contributed by atoms with van der Waals surface area (Å²) in [7, 11) is 2.24. The van der Waals surface area contributed by atoms with E-state index >= 15 is 0 Å². The van der Waals surface area contributed by atoms with E-state index in [9.17, 15) is 4.79 Å². The zero-order valence-electron chi connectivity index (χ0n) is 18.7. The number of carbonyl (C=O) groups is 1. The second kappa shape index (κ2) is 8.79. The molecule has 4 heterocycles. The van der Waals surface area contributed by atoms with Gasteiger partial charge in [0.2, 0.25) is 0 Å². The quantitative estimate of drug-likeness (QED) is 0.788. The van der Waals surface area contributed by atoms with Crippen molar-refractivity contribution in [2.75, 3.05) is 31.7 Å². The molecule has 1 amide bonds. The number of fused-ring (bicyclic) bond motifs is 3. The molecule has 0 saturated carbocycles. The zero-order chi connectivity index (χ0) is 21.4. The van der Waals surface area contributed by atoms with Crippen LogP contribution >= 0.6 is 0 Å². The smallest absolute Gasteiger partial charge is 0.298 e. The third-order valence-corrected chi connectivity index (χ3v) is 7.42. The maximum atomic E-state index is 13.2. The largest absolute Gasteiger partial charge is 0.423 e. The minimum atomic E-state index is -0.0369. The van der Waals surface area contributed by atoms with Crippen molar-refractivity contribution < 1.29 is 13.9 Å². The van der Waals surface area contributed by atoms with Gasteiger partial charge in [0.05, 0.1) is 24.8 Å². The molecule has 1 aromatic heterocycles. The van der Waals surface area contributed by atoms with E-state index in [1.54, 1.807) is 0 Å². The number of nitrogens with zero attached hydrogens (tertiary/aromatic N) is 3. The number of hydrogen-bond donors (Lipinski definition) is 1. The van der Waals surface area contributed by atoms with Crippen LogP contribution in [0, 0.1) is 0 Å². The Hall–Kier alpha value is -2.12. The van der Waals surface area contributed by atoms with Gasteiger partial charge in [0.25, 0.3) is 11.9 Å². The van der Waals surface area contributed by atoms with Gasteiger partial charge < -0.3 is 24.3 Å². The van der Waals surface area contributed by atoms with Crippen molar-refractivity contribution in [1.29, 1.82) is 0 Å². The van der Waals surface area contributed by atoms with Crippen LogP contribution < -0.4 is 10.2 Å². The fraction of sp³-hybridized carbons (Fsp3) is 0.667. The number of oxazole rings is 1. The van der Waals surface area contributed by atoms with Crippen molar-refractivity contribution in [3.05, 3.63) is 23.8 Å². The normalized spacial score (nSPS) is 29.3. The van der Waals surface area contributed by atoms with Crippen LogP contribution in [0.15, 0.2) is 22.6 Å². The van der Waals surface area contributed by atoms with Gasteiger partial charge in [-0.1, -0.05) is 25.8 Å². The SMILES string of the molecule is CCCC1COCCN1c1nc2c(C(=O)NC3CC4CCCC(C3)N4C)cccc2o1. The lowest BCUT2D eigenvalue weighted by Crippen LogP contribution is -2.55. The summed E-state index contributed by atoms with van der Waals surface area (Å²) in [5.41, 5.74) is 1.94. The van der Waals surface area contributed by atoms with Gasteiger partial charge in [-0.25, -0.2) is 0 Å². The molecule has 0 spiro atoms. The molecule has 0 radical (unpaired) electrons. The van der Waals surface area contributed by atoms with Crippen molar-refractivity contribution in [3.8, 4) is 0 Å². The van der Waals surface area contributed by atoms with Crippen molar-refractivity contribution in [2.24, 2.45) is 0 Å². The molecule has 2 bridgehead atoms. The molecule has 5 rings (SSSR count). The predicted molar refractivity (Wildman–Crippen MR) is 121 cm³/mol. The Morgan fingerprint density at radius 3 is 2.84 bits per heavy atom. The Kier molecular flexibility index (Phi) is 5.89. The topological polar surface area (TPSA) is 70.8 Å². The maximum absolute atomic E-state index is 13.2. The summed E-state index contributed by atoms with van der Waals surface area (Å²) in [6.45, 7) is 4.30. The van der Waals surface area contributed by atoms with Gasteiger partial charge >= 0.3 is 0 Å². The Morgan fingerprint density at radius 2 is 2.06 bits per heavy atom. The van der Waals surface area contributed by atoms with Crippen LogP contribution in [0.2, 0.25) is 0 Å². The highest BCUT2D eigenvalue weighted by Gasteiger charge is 2.36. The van der Waals surface area contributed by atoms with Crippen LogP contribution in [0.25, 0.3) is 11.1 Å². The number of morpholine rings is 1. The third-order valence-electron chi connectivity index (χ3n) is 7.42. The minimum Gasteiger partial charge on any atom is -0.423 e. The number of amides is 1. The fourth-order valence-electron chi connectivity index (χ4n) is 5.72. The van der Waals surface area contributed by atoms with Crippen molar-refractivity contribution in [3.63, 3.8) is 0 Å². The van der Waals surface area contributed by atoms with Crippen molar-refractivity contribution >= 4 is 23.0 Å². The number of hydrogen-bond acceptors (Lipinski definition) is 6.